The number of carbonyl (C=O) groups excluding carboxylic acids is 1. The minimum absolute atomic E-state index is 0.00171. The zero-order valence-corrected chi connectivity index (χ0v) is 27.4. The smallest absolute Gasteiger partial charge is 0.335 e. The van der Waals surface area contributed by atoms with Gasteiger partial charge in [0.05, 0.1) is 11.8 Å². The highest BCUT2D eigenvalue weighted by Gasteiger charge is 2.23. The molecule has 0 aliphatic rings. The van der Waals surface area contributed by atoms with E-state index in [4.69, 9.17) is 11.6 Å². The Bertz CT molecular complexity index is 1910. The molecule has 9 nitrogen and oxygen atoms in total. The predicted molar refractivity (Wildman–Crippen MR) is 185 cm³/mol. The van der Waals surface area contributed by atoms with Gasteiger partial charge in [-0.05, 0) is 60.4 Å². The van der Waals surface area contributed by atoms with Gasteiger partial charge in [-0.25, -0.2) is 23.0 Å². The number of carboxylic acids is 1. The van der Waals surface area contributed by atoms with Crippen LogP contribution in [0.3, 0.4) is 0 Å². The lowest BCUT2D eigenvalue weighted by atomic mass is 9.88. The molecule has 1 aromatic heterocycles. The molecule has 0 fully saturated rings. The van der Waals surface area contributed by atoms with E-state index in [-0.39, 0.29) is 16.6 Å². The van der Waals surface area contributed by atoms with Gasteiger partial charge in [-0.2, -0.15) is 0 Å². The number of aromatic nitrogens is 1. The number of sulfonamides is 1. The maximum absolute atomic E-state index is 13.9. The summed E-state index contributed by atoms with van der Waals surface area (Å²) >= 11 is 7.63. The van der Waals surface area contributed by atoms with Crippen molar-refractivity contribution in [2.24, 2.45) is 0 Å². The number of urea groups is 1. The third-order valence-electron chi connectivity index (χ3n) is 7.30. The van der Waals surface area contributed by atoms with E-state index in [2.05, 4.69) is 39.3 Å². The number of benzene rings is 4. The number of aromatic carboxylic acids is 1. The molecule has 0 atom stereocenters. The number of carboxylic acid groups (broad SMARTS) is 1. The van der Waals surface area contributed by atoms with Crippen molar-refractivity contribution in [3.05, 3.63) is 130 Å². The van der Waals surface area contributed by atoms with Crippen molar-refractivity contribution in [3.8, 4) is 11.3 Å². The van der Waals surface area contributed by atoms with Crippen molar-refractivity contribution in [3.63, 3.8) is 0 Å². The highest BCUT2D eigenvalue weighted by molar-refractivity contribution is 7.92. The molecular weight excluding hydrogens is 644 g/mol. The summed E-state index contributed by atoms with van der Waals surface area (Å²) in [5, 5.41) is 12.7. The third kappa shape index (κ3) is 8.11. The largest absolute Gasteiger partial charge is 0.478 e. The summed E-state index contributed by atoms with van der Waals surface area (Å²) in [6.45, 7) is 2.01. The summed E-state index contributed by atoms with van der Waals surface area (Å²) in [6, 6.07) is 31.1. The van der Waals surface area contributed by atoms with E-state index in [1.807, 2.05) is 36.4 Å². The molecule has 0 aliphatic carbocycles. The maximum atomic E-state index is 13.9. The van der Waals surface area contributed by atoms with Crippen LogP contribution in [0, 0.1) is 6.92 Å². The Morgan fingerprint density at radius 3 is 2.09 bits per heavy atom. The topological polar surface area (TPSA) is 129 Å². The van der Waals surface area contributed by atoms with E-state index >= 15 is 0 Å². The highest BCUT2D eigenvalue weighted by Crippen LogP contribution is 2.36. The number of hydrogen-bond acceptors (Lipinski definition) is 6. The molecule has 0 aliphatic heterocycles. The Kier molecular flexibility index (Phi) is 10.1. The van der Waals surface area contributed by atoms with Gasteiger partial charge in [0.15, 0.2) is 5.13 Å². The molecule has 12 heteroatoms. The Morgan fingerprint density at radius 2 is 1.54 bits per heavy atom. The zero-order chi connectivity index (χ0) is 32.8. The number of rotatable bonds is 11. The number of carbonyl (C=O) groups is 2. The van der Waals surface area contributed by atoms with Crippen molar-refractivity contribution in [1.29, 1.82) is 0 Å². The van der Waals surface area contributed by atoms with E-state index in [1.54, 1.807) is 48.2 Å². The summed E-state index contributed by atoms with van der Waals surface area (Å²) < 4.78 is 25.9. The molecule has 0 saturated carbocycles. The van der Waals surface area contributed by atoms with E-state index in [0.717, 1.165) is 28.7 Å². The van der Waals surface area contributed by atoms with Crippen molar-refractivity contribution in [1.82, 2.24) is 4.98 Å². The fraction of sp³-hybridized carbons (Fsp3) is 0.147. The molecule has 236 valence electrons. The van der Waals surface area contributed by atoms with Crippen LogP contribution in [0.25, 0.3) is 11.3 Å². The Morgan fingerprint density at radius 1 is 0.935 bits per heavy atom. The van der Waals surface area contributed by atoms with Crippen molar-refractivity contribution in [2.75, 3.05) is 27.7 Å². The number of amides is 2. The highest BCUT2D eigenvalue weighted by atomic mass is 35.5. The number of thiazole rings is 1. The van der Waals surface area contributed by atoms with Gasteiger partial charge in [-0.3, -0.25) is 14.9 Å². The fourth-order valence-corrected chi connectivity index (χ4v) is 6.80. The lowest BCUT2D eigenvalue weighted by Gasteiger charge is -2.26. The van der Waals surface area contributed by atoms with Gasteiger partial charge in [0.1, 0.15) is 10.0 Å². The SMILES string of the molecule is Cc1cc(N(CCC(c2ccccc2)c2ccccc2)C(=O)Nc2nc(-c3ccc(NS(C)(=O)=O)cc3)c(Cl)s2)ccc1C(=O)O. The predicted octanol–water partition coefficient (Wildman–Crippen LogP) is 8.10. The summed E-state index contributed by atoms with van der Waals surface area (Å²) in [6.07, 6.45) is 1.65. The number of halogens is 1. The molecule has 5 rings (SSSR count). The van der Waals surface area contributed by atoms with Crippen LogP contribution >= 0.6 is 22.9 Å². The third-order valence-corrected chi connectivity index (χ3v) is 9.08. The van der Waals surface area contributed by atoms with Crippen molar-refractivity contribution >= 4 is 61.5 Å². The van der Waals surface area contributed by atoms with Crippen LogP contribution in [0.5, 0.6) is 0 Å². The maximum Gasteiger partial charge on any atom is 0.335 e. The number of anilines is 3. The van der Waals surface area contributed by atoms with Gasteiger partial charge in [-0.1, -0.05) is 95.7 Å². The molecule has 2 amide bonds. The van der Waals surface area contributed by atoms with Crippen LogP contribution in [0.2, 0.25) is 4.34 Å². The van der Waals surface area contributed by atoms with Crippen LogP contribution in [-0.4, -0.2) is 43.3 Å². The second-order valence-electron chi connectivity index (χ2n) is 10.6. The minimum Gasteiger partial charge on any atom is -0.478 e. The summed E-state index contributed by atoms with van der Waals surface area (Å²) in [7, 11) is -3.43. The lowest BCUT2D eigenvalue weighted by molar-refractivity contribution is 0.0696. The van der Waals surface area contributed by atoms with Crippen LogP contribution < -0.4 is 14.9 Å². The van der Waals surface area contributed by atoms with Crippen LogP contribution in [-0.2, 0) is 10.0 Å². The van der Waals surface area contributed by atoms with Gasteiger partial charge in [0, 0.05) is 29.4 Å². The Balaban J connectivity index is 1.42. The first-order valence-corrected chi connectivity index (χ1v) is 17.3. The number of aryl methyl sites for hydroxylation is 1. The summed E-state index contributed by atoms with van der Waals surface area (Å²) in [5.41, 5.74) is 4.93. The molecule has 0 bridgehead atoms. The van der Waals surface area contributed by atoms with E-state index in [0.29, 0.717) is 45.5 Å². The van der Waals surface area contributed by atoms with Crippen molar-refractivity contribution in [2.45, 2.75) is 19.3 Å². The van der Waals surface area contributed by atoms with Crippen LogP contribution in [0.4, 0.5) is 21.3 Å². The first-order valence-electron chi connectivity index (χ1n) is 14.3. The lowest BCUT2D eigenvalue weighted by Crippen LogP contribution is -2.36. The zero-order valence-electron chi connectivity index (χ0n) is 25.0. The van der Waals surface area contributed by atoms with E-state index in [1.165, 1.54) is 6.07 Å². The molecule has 0 spiro atoms. The molecule has 0 unspecified atom stereocenters. The number of nitrogens with zero attached hydrogens (tertiary/aromatic N) is 2. The molecule has 4 aromatic carbocycles. The average molecular weight is 675 g/mol. The molecular formula is C34H31ClN4O5S2. The second-order valence-corrected chi connectivity index (χ2v) is 14.0. The van der Waals surface area contributed by atoms with Gasteiger partial charge in [0.2, 0.25) is 10.0 Å². The first-order chi connectivity index (χ1) is 22.0. The average Bonchev–Trinajstić information content (AvgIpc) is 3.39. The van der Waals surface area contributed by atoms with Gasteiger partial charge in [0.25, 0.3) is 0 Å². The van der Waals surface area contributed by atoms with Gasteiger partial charge in [-0.15, -0.1) is 0 Å². The molecule has 0 radical (unpaired) electrons. The summed E-state index contributed by atoms with van der Waals surface area (Å²) in [4.78, 5) is 31.8. The number of nitrogens with one attached hydrogen (secondary N) is 2. The molecule has 46 heavy (non-hydrogen) atoms. The summed E-state index contributed by atoms with van der Waals surface area (Å²) in [5.74, 6) is -1.04. The van der Waals surface area contributed by atoms with Gasteiger partial charge >= 0.3 is 12.0 Å². The van der Waals surface area contributed by atoms with Crippen LogP contribution in [0.15, 0.2) is 103 Å². The second kappa shape index (κ2) is 14.2. The normalized spacial score (nSPS) is 11.3. The quantitative estimate of drug-likeness (QED) is 0.130. The number of hydrogen-bond donors (Lipinski definition) is 3. The molecule has 0 saturated heterocycles. The first kappa shape index (κ1) is 32.7. The van der Waals surface area contributed by atoms with E-state index in [9.17, 15) is 23.1 Å². The van der Waals surface area contributed by atoms with Crippen LogP contribution in [0.1, 0.15) is 39.4 Å². The minimum atomic E-state index is -3.43. The Hall–Kier alpha value is -4.71. The van der Waals surface area contributed by atoms with Gasteiger partial charge < -0.3 is 5.11 Å². The molecule has 1 heterocycles. The van der Waals surface area contributed by atoms with E-state index < -0.39 is 22.0 Å². The van der Waals surface area contributed by atoms with Crippen molar-refractivity contribution < 1.29 is 23.1 Å². The standard InChI is InChI=1S/C34H31ClN4O5S2/c1-22-21-27(17-18-28(22)32(40)41)39(20-19-29(23-9-5-3-6-10-23)24-11-7-4-8-12-24)34(42)37-33-36-30(31(35)45-33)25-13-15-26(16-14-25)38-46(2,43)44/h3-18,21,29,38H,19-20H2,1-2H3,(H,40,41)(H,36,37,42). The Labute approximate surface area is 276 Å². The monoisotopic (exact) mass is 674 g/mol. The molecule has 3 N–H and O–H groups in total. The molecule has 5 aromatic rings. The fourth-order valence-electron chi connectivity index (χ4n) is 5.16.